The smallest absolute Gasteiger partial charge is 0.403 e. The van der Waals surface area contributed by atoms with E-state index in [1.807, 2.05) is 12.1 Å². The van der Waals surface area contributed by atoms with Crippen LogP contribution in [0, 0.1) is 11.7 Å². The Morgan fingerprint density at radius 2 is 1.57 bits per heavy atom. The summed E-state index contributed by atoms with van der Waals surface area (Å²) in [5.74, 6) is -0.321. The maximum Gasteiger partial charge on any atom is 0.573 e. The number of ether oxygens (including phenoxy) is 1. The Morgan fingerprint density at radius 3 is 2.14 bits per heavy atom. The number of rotatable bonds is 6. The van der Waals surface area contributed by atoms with Crippen LogP contribution in [0.5, 0.6) is 5.75 Å². The molecule has 0 aromatic heterocycles. The summed E-state index contributed by atoms with van der Waals surface area (Å²) >= 11 is 0. The summed E-state index contributed by atoms with van der Waals surface area (Å²) in [4.78, 5) is 0. The van der Waals surface area contributed by atoms with Gasteiger partial charge in [0.15, 0.2) is 11.6 Å². The Kier molecular flexibility index (Phi) is 6.63. The van der Waals surface area contributed by atoms with E-state index in [-0.39, 0.29) is 0 Å². The van der Waals surface area contributed by atoms with Gasteiger partial charge in [-0.3, -0.25) is 0 Å². The van der Waals surface area contributed by atoms with E-state index in [9.17, 15) is 17.6 Å². The minimum atomic E-state index is -4.89. The lowest BCUT2D eigenvalue weighted by atomic mass is 9.77. The van der Waals surface area contributed by atoms with Crippen LogP contribution in [0.4, 0.5) is 17.6 Å². The number of alkyl halides is 3. The highest BCUT2D eigenvalue weighted by Crippen LogP contribution is 2.37. The van der Waals surface area contributed by atoms with Crippen LogP contribution in [0.25, 0.3) is 0 Å². The number of benzene rings is 2. The third kappa shape index (κ3) is 5.73. The van der Waals surface area contributed by atoms with Gasteiger partial charge in [0.25, 0.3) is 0 Å². The van der Waals surface area contributed by atoms with Crippen molar-refractivity contribution in [2.75, 3.05) is 0 Å². The molecule has 0 atom stereocenters. The number of hydrogen-bond acceptors (Lipinski definition) is 1. The van der Waals surface area contributed by atoms with Crippen molar-refractivity contribution in [3.8, 4) is 5.75 Å². The van der Waals surface area contributed by atoms with Crippen LogP contribution in [-0.4, -0.2) is 6.36 Å². The molecular formula is C23H26F4O. The van der Waals surface area contributed by atoms with E-state index in [0.717, 1.165) is 23.6 Å². The molecule has 0 unspecified atom stereocenters. The second kappa shape index (κ2) is 8.97. The molecule has 152 valence electrons. The normalized spacial score (nSPS) is 20.2. The van der Waals surface area contributed by atoms with Gasteiger partial charge in [0.2, 0.25) is 0 Å². The molecule has 2 aromatic carbocycles. The molecule has 0 bridgehead atoms. The van der Waals surface area contributed by atoms with E-state index in [0.29, 0.717) is 17.9 Å². The molecule has 0 heterocycles. The average Bonchev–Trinajstić information content (AvgIpc) is 2.65. The van der Waals surface area contributed by atoms with Gasteiger partial charge >= 0.3 is 6.36 Å². The summed E-state index contributed by atoms with van der Waals surface area (Å²) in [6.45, 7) is 2.24. The maximum atomic E-state index is 13.9. The fourth-order valence-corrected chi connectivity index (χ4v) is 4.20. The van der Waals surface area contributed by atoms with E-state index >= 15 is 0 Å². The van der Waals surface area contributed by atoms with Gasteiger partial charge in [-0.15, -0.1) is 13.2 Å². The molecule has 0 saturated heterocycles. The SMILES string of the molecule is CCCC1CCC(c2ccc(Cc3ccc(OC(F)(F)F)c(F)c3)cc2)CC1. The molecule has 0 N–H and O–H groups in total. The van der Waals surface area contributed by atoms with Crippen molar-refractivity contribution < 1.29 is 22.3 Å². The van der Waals surface area contributed by atoms with Crippen molar-refractivity contribution >= 4 is 0 Å². The largest absolute Gasteiger partial charge is 0.573 e. The summed E-state index contributed by atoms with van der Waals surface area (Å²) in [6, 6.07) is 11.9. The Morgan fingerprint density at radius 1 is 0.929 bits per heavy atom. The summed E-state index contributed by atoms with van der Waals surface area (Å²) < 4.78 is 54.2. The van der Waals surface area contributed by atoms with Gasteiger partial charge in [0, 0.05) is 0 Å². The quantitative estimate of drug-likeness (QED) is 0.464. The van der Waals surface area contributed by atoms with Crippen molar-refractivity contribution in [1.82, 2.24) is 0 Å². The Hall–Kier alpha value is -2.04. The monoisotopic (exact) mass is 394 g/mol. The van der Waals surface area contributed by atoms with E-state index in [4.69, 9.17) is 0 Å². The first-order valence-electron chi connectivity index (χ1n) is 9.97. The predicted octanol–water partition coefficient (Wildman–Crippen LogP) is 7.39. The summed E-state index contributed by atoms with van der Waals surface area (Å²) in [7, 11) is 0. The standard InChI is InChI=1S/C23H26F4O/c1-2-3-16-4-9-19(10-5-16)20-11-6-17(7-12-20)14-18-8-13-22(21(24)15-18)28-23(25,26)27/h6-8,11-13,15-16,19H,2-5,9-10,14H2,1H3. The third-order valence-electron chi connectivity index (χ3n) is 5.63. The van der Waals surface area contributed by atoms with Crippen LogP contribution < -0.4 is 4.74 Å². The van der Waals surface area contributed by atoms with Crippen LogP contribution in [0.3, 0.4) is 0 Å². The maximum absolute atomic E-state index is 13.9. The molecule has 1 saturated carbocycles. The highest BCUT2D eigenvalue weighted by Gasteiger charge is 2.32. The molecule has 1 nitrogen and oxygen atoms in total. The zero-order chi connectivity index (χ0) is 20.1. The van der Waals surface area contributed by atoms with E-state index < -0.39 is 17.9 Å². The van der Waals surface area contributed by atoms with Crippen molar-refractivity contribution in [3.05, 3.63) is 65.0 Å². The summed E-state index contributed by atoms with van der Waals surface area (Å²) in [5.41, 5.74) is 2.96. The fourth-order valence-electron chi connectivity index (χ4n) is 4.20. The molecule has 1 fully saturated rings. The highest BCUT2D eigenvalue weighted by molar-refractivity contribution is 5.34. The lowest BCUT2D eigenvalue weighted by Gasteiger charge is -2.28. The lowest BCUT2D eigenvalue weighted by molar-refractivity contribution is -0.275. The molecule has 0 aliphatic heterocycles. The predicted molar refractivity (Wildman–Crippen MR) is 102 cm³/mol. The molecule has 5 heteroatoms. The van der Waals surface area contributed by atoms with Gasteiger partial charge in [-0.2, -0.15) is 0 Å². The van der Waals surface area contributed by atoms with Crippen molar-refractivity contribution in [2.24, 2.45) is 5.92 Å². The zero-order valence-corrected chi connectivity index (χ0v) is 16.1. The van der Waals surface area contributed by atoms with Crippen LogP contribution in [-0.2, 0) is 6.42 Å². The molecular weight excluding hydrogens is 368 g/mol. The molecule has 1 aliphatic carbocycles. The van der Waals surface area contributed by atoms with Gasteiger partial charge in [-0.05, 0) is 72.8 Å². The minimum Gasteiger partial charge on any atom is -0.403 e. The van der Waals surface area contributed by atoms with Gasteiger partial charge in [0.1, 0.15) is 0 Å². The van der Waals surface area contributed by atoms with Crippen molar-refractivity contribution in [2.45, 2.75) is 64.1 Å². The van der Waals surface area contributed by atoms with Crippen molar-refractivity contribution in [3.63, 3.8) is 0 Å². The molecule has 2 aromatic rings. The van der Waals surface area contributed by atoms with E-state index in [1.54, 1.807) is 0 Å². The second-order valence-corrected chi connectivity index (χ2v) is 7.74. The molecule has 3 rings (SSSR count). The van der Waals surface area contributed by atoms with Crippen molar-refractivity contribution in [1.29, 1.82) is 0 Å². The third-order valence-corrected chi connectivity index (χ3v) is 5.63. The number of hydrogen-bond donors (Lipinski definition) is 0. The second-order valence-electron chi connectivity index (χ2n) is 7.74. The topological polar surface area (TPSA) is 9.23 Å². The van der Waals surface area contributed by atoms with Gasteiger partial charge < -0.3 is 4.74 Å². The van der Waals surface area contributed by atoms with Crippen LogP contribution in [0.1, 0.15) is 68.1 Å². The van der Waals surface area contributed by atoms with Crippen LogP contribution in [0.2, 0.25) is 0 Å². The van der Waals surface area contributed by atoms with E-state index in [1.165, 1.54) is 50.2 Å². The molecule has 1 aliphatic rings. The molecule has 28 heavy (non-hydrogen) atoms. The Balaban J connectivity index is 1.59. The van der Waals surface area contributed by atoms with Gasteiger partial charge in [0.05, 0.1) is 0 Å². The molecule has 0 spiro atoms. The lowest BCUT2D eigenvalue weighted by Crippen LogP contribution is -2.18. The summed E-state index contributed by atoms with van der Waals surface area (Å²) in [5, 5.41) is 0. The zero-order valence-electron chi connectivity index (χ0n) is 16.1. The fraction of sp³-hybridized carbons (Fsp3) is 0.478. The summed E-state index contributed by atoms with van der Waals surface area (Å²) in [6.07, 6.45) is 3.22. The van der Waals surface area contributed by atoms with Crippen LogP contribution in [0.15, 0.2) is 42.5 Å². The number of halogens is 4. The van der Waals surface area contributed by atoms with Gasteiger partial charge in [-0.25, -0.2) is 4.39 Å². The Bertz CT molecular complexity index is 759. The first kappa shape index (κ1) is 20.7. The highest BCUT2D eigenvalue weighted by atomic mass is 19.4. The van der Waals surface area contributed by atoms with E-state index in [2.05, 4.69) is 23.8 Å². The minimum absolute atomic E-state index is 0.465. The molecule has 0 amide bonds. The first-order chi connectivity index (χ1) is 13.3. The average molecular weight is 394 g/mol. The van der Waals surface area contributed by atoms with Crippen LogP contribution >= 0.6 is 0 Å². The first-order valence-corrected chi connectivity index (χ1v) is 9.97. The molecule has 0 radical (unpaired) electrons. The van der Waals surface area contributed by atoms with Gasteiger partial charge in [-0.1, -0.05) is 50.1 Å². The Labute approximate surface area is 163 Å².